The Morgan fingerprint density at radius 3 is 3.06 bits per heavy atom. The molecule has 2 amide bonds. The van der Waals surface area contributed by atoms with Gasteiger partial charge in [0.25, 0.3) is 0 Å². The highest BCUT2D eigenvalue weighted by atomic mass is 35.5. The average Bonchev–Trinajstić information content (AvgIpc) is 2.77. The van der Waals surface area contributed by atoms with Crippen molar-refractivity contribution in [3.8, 4) is 0 Å². The zero-order valence-corrected chi connectivity index (χ0v) is 10.4. The van der Waals surface area contributed by atoms with E-state index in [1.165, 1.54) is 11.3 Å². The maximum atomic E-state index is 11.6. The van der Waals surface area contributed by atoms with E-state index in [-0.39, 0.29) is 6.03 Å². The molecule has 1 aromatic heterocycles. The van der Waals surface area contributed by atoms with Gasteiger partial charge < -0.3 is 10.2 Å². The monoisotopic (exact) mass is 257 g/mol. The van der Waals surface area contributed by atoms with Crippen LogP contribution in [0.4, 0.5) is 10.5 Å². The summed E-state index contributed by atoms with van der Waals surface area (Å²) in [5.41, 5.74) is 0.699. The molecule has 2 heterocycles. The number of nitrogens with zero attached hydrogens (tertiary/aromatic N) is 2. The van der Waals surface area contributed by atoms with Crippen molar-refractivity contribution in [2.24, 2.45) is 4.99 Å². The van der Waals surface area contributed by atoms with Crippen molar-refractivity contribution in [2.45, 2.75) is 12.8 Å². The number of carbonyl (C=O) groups excluding carboxylic acids is 1. The van der Waals surface area contributed by atoms with Crippen LogP contribution >= 0.6 is 22.9 Å². The van der Waals surface area contributed by atoms with Crippen molar-refractivity contribution in [2.75, 3.05) is 18.9 Å². The van der Waals surface area contributed by atoms with Crippen LogP contribution in [0.1, 0.15) is 12.8 Å². The third kappa shape index (κ3) is 2.74. The Kier molecular flexibility index (Phi) is 3.46. The molecule has 0 saturated carbocycles. The molecule has 1 fully saturated rings. The van der Waals surface area contributed by atoms with Crippen LogP contribution in [-0.2, 0) is 0 Å². The average molecular weight is 258 g/mol. The topological polar surface area (TPSA) is 44.7 Å². The predicted molar refractivity (Wildman–Crippen MR) is 67.6 cm³/mol. The maximum Gasteiger partial charge on any atom is 0.347 e. The van der Waals surface area contributed by atoms with Crippen molar-refractivity contribution in [1.82, 2.24) is 4.90 Å². The highest BCUT2D eigenvalue weighted by molar-refractivity contribution is 7.14. The van der Waals surface area contributed by atoms with Crippen molar-refractivity contribution in [3.63, 3.8) is 0 Å². The van der Waals surface area contributed by atoms with Crippen LogP contribution in [0.3, 0.4) is 0 Å². The zero-order chi connectivity index (χ0) is 11.5. The lowest BCUT2D eigenvalue weighted by Gasteiger charge is -2.10. The van der Waals surface area contributed by atoms with E-state index >= 15 is 0 Å². The Bertz CT molecular complexity index is 429. The minimum absolute atomic E-state index is 0.335. The van der Waals surface area contributed by atoms with Gasteiger partial charge in [0.05, 0.1) is 10.0 Å². The summed E-state index contributed by atoms with van der Waals surface area (Å²) in [6.45, 7) is 0.969. The zero-order valence-electron chi connectivity index (χ0n) is 8.86. The molecule has 2 rings (SSSR count). The molecule has 0 aromatic carbocycles. The molecule has 86 valence electrons. The number of rotatable bonds is 1. The summed E-state index contributed by atoms with van der Waals surface area (Å²) in [6, 6.07) is 1.38. The quantitative estimate of drug-likeness (QED) is 0.840. The molecular weight excluding hydrogens is 246 g/mol. The summed E-state index contributed by atoms with van der Waals surface area (Å²) in [5.74, 6) is 0.846. The van der Waals surface area contributed by atoms with Crippen molar-refractivity contribution in [1.29, 1.82) is 0 Å². The highest BCUT2D eigenvalue weighted by Crippen LogP contribution is 2.23. The third-order valence-electron chi connectivity index (χ3n) is 2.38. The standard InChI is InChI=1S/C10H12ClN3OS/c1-14-4-2-3-9(14)13-10(15)12-7-5-8(11)16-6-7/h5-6H,2-4H2,1H3,(H,12,15)/b13-9+. The molecule has 1 aromatic rings. The normalized spacial score (nSPS) is 18.1. The second-order valence-corrected chi connectivity index (χ2v) is 5.17. The third-order valence-corrected chi connectivity index (χ3v) is 3.48. The number of hydrogen-bond acceptors (Lipinski definition) is 2. The lowest BCUT2D eigenvalue weighted by atomic mass is 10.4. The first kappa shape index (κ1) is 11.4. The van der Waals surface area contributed by atoms with Gasteiger partial charge in [0.1, 0.15) is 5.84 Å². The second kappa shape index (κ2) is 4.84. The van der Waals surface area contributed by atoms with Crippen LogP contribution < -0.4 is 5.32 Å². The smallest absolute Gasteiger partial charge is 0.347 e. The molecule has 1 aliphatic heterocycles. The predicted octanol–water partition coefficient (Wildman–Crippen LogP) is 3.06. The summed E-state index contributed by atoms with van der Waals surface area (Å²) in [6.07, 6.45) is 1.93. The Morgan fingerprint density at radius 1 is 1.69 bits per heavy atom. The number of likely N-dealkylation sites (tertiary alicyclic amines) is 1. The van der Waals surface area contributed by atoms with Crippen molar-refractivity contribution < 1.29 is 4.79 Å². The van der Waals surface area contributed by atoms with Gasteiger partial charge in [-0.2, -0.15) is 4.99 Å². The first-order valence-electron chi connectivity index (χ1n) is 4.99. The number of carbonyl (C=O) groups is 1. The minimum Gasteiger partial charge on any atom is -0.363 e. The lowest BCUT2D eigenvalue weighted by molar-refractivity contribution is 0.259. The molecular formula is C10H12ClN3OS. The van der Waals surface area contributed by atoms with E-state index in [1.807, 2.05) is 11.9 Å². The van der Waals surface area contributed by atoms with Gasteiger partial charge in [-0.3, -0.25) is 0 Å². The van der Waals surface area contributed by atoms with Gasteiger partial charge >= 0.3 is 6.03 Å². The number of thiophene rings is 1. The Balaban J connectivity index is 1.98. The number of halogens is 1. The van der Waals surface area contributed by atoms with E-state index < -0.39 is 0 Å². The van der Waals surface area contributed by atoms with E-state index in [4.69, 9.17) is 11.6 Å². The highest BCUT2D eigenvalue weighted by Gasteiger charge is 2.15. The van der Waals surface area contributed by atoms with Crippen LogP contribution in [0, 0.1) is 0 Å². The summed E-state index contributed by atoms with van der Waals surface area (Å²) < 4.78 is 0.654. The fourth-order valence-corrected chi connectivity index (χ4v) is 2.39. The van der Waals surface area contributed by atoms with Crippen LogP contribution in [0.25, 0.3) is 0 Å². The van der Waals surface area contributed by atoms with Crippen LogP contribution in [0.2, 0.25) is 4.34 Å². The summed E-state index contributed by atoms with van der Waals surface area (Å²) in [7, 11) is 1.95. The minimum atomic E-state index is -0.335. The lowest BCUT2D eigenvalue weighted by Crippen LogP contribution is -2.21. The summed E-state index contributed by atoms with van der Waals surface area (Å²) in [5, 5.41) is 4.47. The Morgan fingerprint density at radius 2 is 2.50 bits per heavy atom. The van der Waals surface area contributed by atoms with Crippen molar-refractivity contribution in [3.05, 3.63) is 15.8 Å². The molecule has 0 radical (unpaired) electrons. The Hall–Kier alpha value is -1.07. The van der Waals surface area contributed by atoms with Gasteiger partial charge in [-0.05, 0) is 12.5 Å². The molecule has 0 aliphatic carbocycles. The fourth-order valence-electron chi connectivity index (χ4n) is 1.58. The van der Waals surface area contributed by atoms with Gasteiger partial charge in [0.2, 0.25) is 0 Å². The number of urea groups is 1. The molecule has 0 spiro atoms. The van der Waals surface area contributed by atoms with Gasteiger partial charge in [-0.25, -0.2) is 4.79 Å². The number of aliphatic imine (C=N–C) groups is 1. The van der Waals surface area contributed by atoms with Crippen LogP contribution in [-0.4, -0.2) is 30.4 Å². The van der Waals surface area contributed by atoms with Crippen LogP contribution in [0.5, 0.6) is 0 Å². The summed E-state index contributed by atoms with van der Waals surface area (Å²) >= 11 is 7.14. The largest absolute Gasteiger partial charge is 0.363 e. The molecule has 0 bridgehead atoms. The molecule has 1 N–H and O–H groups in total. The van der Waals surface area contributed by atoms with E-state index in [0.29, 0.717) is 10.0 Å². The number of anilines is 1. The number of amidine groups is 1. The van der Waals surface area contributed by atoms with Gasteiger partial charge in [-0.15, -0.1) is 11.3 Å². The van der Waals surface area contributed by atoms with Crippen LogP contribution in [0.15, 0.2) is 16.4 Å². The van der Waals surface area contributed by atoms with Crippen molar-refractivity contribution >= 4 is 40.5 Å². The molecule has 1 aliphatic rings. The van der Waals surface area contributed by atoms with Gasteiger partial charge in [0.15, 0.2) is 0 Å². The summed E-state index contributed by atoms with van der Waals surface area (Å²) in [4.78, 5) is 17.6. The number of nitrogens with one attached hydrogen (secondary N) is 1. The molecule has 0 atom stereocenters. The number of hydrogen-bond donors (Lipinski definition) is 1. The number of amides is 2. The second-order valence-electron chi connectivity index (χ2n) is 3.62. The molecule has 0 unspecified atom stereocenters. The molecule has 6 heteroatoms. The fraction of sp³-hybridized carbons (Fsp3) is 0.400. The molecule has 4 nitrogen and oxygen atoms in total. The van der Waals surface area contributed by atoms with E-state index in [2.05, 4.69) is 10.3 Å². The first-order chi connectivity index (χ1) is 7.65. The Labute approximate surface area is 103 Å². The van der Waals surface area contributed by atoms with E-state index in [0.717, 1.165) is 25.2 Å². The van der Waals surface area contributed by atoms with Gasteiger partial charge in [0, 0.05) is 25.4 Å². The van der Waals surface area contributed by atoms with E-state index in [9.17, 15) is 4.79 Å². The SMILES string of the molecule is CN1CCC/C1=N\C(=O)Nc1csc(Cl)c1. The maximum absolute atomic E-state index is 11.6. The van der Waals surface area contributed by atoms with E-state index in [1.54, 1.807) is 11.4 Å². The first-order valence-corrected chi connectivity index (χ1v) is 6.24. The molecule has 16 heavy (non-hydrogen) atoms. The van der Waals surface area contributed by atoms with Gasteiger partial charge in [-0.1, -0.05) is 11.6 Å². The molecule has 1 saturated heterocycles.